The lowest BCUT2D eigenvalue weighted by Gasteiger charge is -2.46. The molecule has 2 aliphatic rings. The van der Waals surface area contributed by atoms with Crippen molar-refractivity contribution in [3.8, 4) is 5.75 Å². The molecule has 1 fully saturated rings. The lowest BCUT2D eigenvalue weighted by Crippen LogP contribution is -2.56. The average molecular weight is 386 g/mol. The molecule has 4 rings (SSSR count). The smallest absolute Gasteiger partial charge is 0.417 e. The number of carbonyl (C=O) groups excluding carboxylic acids is 2. The number of amides is 2. The molecule has 0 saturated heterocycles. The molecular weight excluding hydrogens is 360 g/mol. The van der Waals surface area contributed by atoms with Crippen LogP contribution in [0, 0.1) is 6.92 Å². The van der Waals surface area contributed by atoms with Crippen molar-refractivity contribution in [3.05, 3.63) is 17.7 Å². The van der Waals surface area contributed by atoms with Gasteiger partial charge in [-0.15, -0.1) is 0 Å². The fourth-order valence-electron chi connectivity index (χ4n) is 4.41. The van der Waals surface area contributed by atoms with Gasteiger partial charge in [0.25, 0.3) is 5.91 Å². The van der Waals surface area contributed by atoms with Crippen molar-refractivity contribution < 1.29 is 19.4 Å². The molecule has 1 aliphatic heterocycles. The lowest BCUT2D eigenvalue weighted by atomic mass is 9.79. The monoisotopic (exact) mass is 386 g/mol. The number of hydrogen-bond donors (Lipinski definition) is 1. The summed E-state index contributed by atoms with van der Waals surface area (Å²) in [5.41, 5.74) is -0.544. The molecule has 0 aromatic carbocycles. The Labute approximate surface area is 163 Å². The van der Waals surface area contributed by atoms with Gasteiger partial charge in [0.2, 0.25) is 0 Å². The molecule has 8 heteroatoms. The van der Waals surface area contributed by atoms with Crippen LogP contribution in [0.25, 0.3) is 11.0 Å². The SMILES string of the molecule is Cc1ncc2c(O)c3n(c2n1)C1(CCCCC1)CN(C(=O)OC(C)(C)C)C3=O. The zero-order valence-electron chi connectivity index (χ0n) is 16.8. The lowest BCUT2D eigenvalue weighted by molar-refractivity contribution is 0.00733. The molecule has 3 heterocycles. The van der Waals surface area contributed by atoms with Crippen LogP contribution in [0.2, 0.25) is 0 Å². The number of aromatic nitrogens is 3. The second-order valence-electron chi connectivity index (χ2n) is 8.84. The number of aromatic hydroxyl groups is 1. The minimum Gasteiger partial charge on any atom is -0.505 e. The molecule has 28 heavy (non-hydrogen) atoms. The quantitative estimate of drug-likeness (QED) is 0.744. The first kappa shape index (κ1) is 18.7. The van der Waals surface area contributed by atoms with Crippen molar-refractivity contribution in [1.82, 2.24) is 19.4 Å². The van der Waals surface area contributed by atoms with E-state index in [0.717, 1.165) is 37.0 Å². The summed E-state index contributed by atoms with van der Waals surface area (Å²) in [6.45, 7) is 7.30. The van der Waals surface area contributed by atoms with E-state index in [1.165, 1.54) is 0 Å². The molecule has 2 aromatic heterocycles. The maximum Gasteiger partial charge on any atom is 0.417 e. The molecule has 1 saturated carbocycles. The van der Waals surface area contributed by atoms with Crippen LogP contribution in [0.1, 0.15) is 69.2 Å². The maximum absolute atomic E-state index is 13.2. The molecule has 1 aliphatic carbocycles. The van der Waals surface area contributed by atoms with E-state index < -0.39 is 23.1 Å². The van der Waals surface area contributed by atoms with E-state index in [1.807, 2.05) is 4.57 Å². The number of aryl methyl sites for hydroxylation is 1. The average Bonchev–Trinajstić information content (AvgIpc) is 2.91. The molecule has 0 unspecified atom stereocenters. The van der Waals surface area contributed by atoms with Gasteiger partial charge in [-0.25, -0.2) is 19.7 Å². The normalized spacial score (nSPS) is 19.1. The van der Waals surface area contributed by atoms with Gasteiger partial charge in [-0.2, -0.15) is 0 Å². The van der Waals surface area contributed by atoms with Crippen molar-refractivity contribution >= 4 is 23.0 Å². The van der Waals surface area contributed by atoms with Gasteiger partial charge in [-0.05, 0) is 40.5 Å². The first-order chi connectivity index (χ1) is 13.1. The van der Waals surface area contributed by atoms with E-state index in [-0.39, 0.29) is 18.0 Å². The van der Waals surface area contributed by atoms with Crippen molar-refractivity contribution in [1.29, 1.82) is 0 Å². The molecule has 1 spiro atoms. The highest BCUT2D eigenvalue weighted by atomic mass is 16.6. The third-order valence-corrected chi connectivity index (χ3v) is 5.58. The molecule has 0 radical (unpaired) electrons. The summed E-state index contributed by atoms with van der Waals surface area (Å²) in [5.74, 6) is -0.155. The number of carbonyl (C=O) groups is 2. The highest BCUT2D eigenvalue weighted by Crippen LogP contribution is 2.46. The third-order valence-electron chi connectivity index (χ3n) is 5.58. The fraction of sp³-hybridized carbons (Fsp3) is 0.600. The van der Waals surface area contributed by atoms with E-state index in [0.29, 0.717) is 16.9 Å². The molecular formula is C20H26N4O4. The summed E-state index contributed by atoms with van der Waals surface area (Å²) in [6, 6.07) is 0. The first-order valence-corrected chi connectivity index (χ1v) is 9.75. The van der Waals surface area contributed by atoms with Crippen LogP contribution in [-0.4, -0.2) is 48.7 Å². The summed E-state index contributed by atoms with van der Waals surface area (Å²) in [5, 5.41) is 11.3. The summed E-state index contributed by atoms with van der Waals surface area (Å²) in [6.07, 6.45) is 5.55. The van der Waals surface area contributed by atoms with Gasteiger partial charge in [0.1, 0.15) is 17.1 Å². The van der Waals surface area contributed by atoms with Crippen molar-refractivity contribution in [2.45, 2.75) is 70.9 Å². The Morgan fingerprint density at radius 3 is 2.57 bits per heavy atom. The molecule has 0 bridgehead atoms. The second kappa shape index (κ2) is 6.18. The van der Waals surface area contributed by atoms with Crippen LogP contribution in [0.15, 0.2) is 6.20 Å². The maximum atomic E-state index is 13.2. The van der Waals surface area contributed by atoms with Gasteiger partial charge in [-0.3, -0.25) is 4.79 Å². The van der Waals surface area contributed by atoms with Gasteiger partial charge >= 0.3 is 6.09 Å². The Morgan fingerprint density at radius 2 is 1.93 bits per heavy atom. The summed E-state index contributed by atoms with van der Waals surface area (Å²) < 4.78 is 7.35. The number of nitrogens with zero attached hydrogens (tertiary/aromatic N) is 4. The highest BCUT2D eigenvalue weighted by molar-refractivity contribution is 6.09. The number of ether oxygens (including phenoxy) is 1. The molecule has 0 atom stereocenters. The number of imide groups is 1. The van der Waals surface area contributed by atoms with E-state index >= 15 is 0 Å². The van der Waals surface area contributed by atoms with Gasteiger partial charge in [-0.1, -0.05) is 19.3 Å². The molecule has 8 nitrogen and oxygen atoms in total. The predicted molar refractivity (Wildman–Crippen MR) is 102 cm³/mol. The topological polar surface area (TPSA) is 97.6 Å². The van der Waals surface area contributed by atoms with Crippen LogP contribution in [0.3, 0.4) is 0 Å². The zero-order chi connectivity index (χ0) is 20.3. The Balaban J connectivity index is 1.92. The van der Waals surface area contributed by atoms with Crippen LogP contribution in [0.5, 0.6) is 5.75 Å². The minimum absolute atomic E-state index is 0.105. The number of rotatable bonds is 0. The van der Waals surface area contributed by atoms with Crippen molar-refractivity contribution in [3.63, 3.8) is 0 Å². The molecule has 2 amide bonds. The van der Waals surface area contributed by atoms with Gasteiger partial charge < -0.3 is 14.4 Å². The summed E-state index contributed by atoms with van der Waals surface area (Å²) in [7, 11) is 0. The van der Waals surface area contributed by atoms with Crippen LogP contribution < -0.4 is 0 Å². The van der Waals surface area contributed by atoms with Gasteiger partial charge in [0.05, 0.1) is 17.5 Å². The zero-order valence-corrected chi connectivity index (χ0v) is 16.8. The number of hydrogen-bond acceptors (Lipinski definition) is 6. The summed E-state index contributed by atoms with van der Waals surface area (Å²) in [4.78, 5) is 35.9. The Kier molecular flexibility index (Phi) is 4.13. The first-order valence-electron chi connectivity index (χ1n) is 9.75. The molecule has 150 valence electrons. The predicted octanol–water partition coefficient (Wildman–Crippen LogP) is 3.50. The fourth-order valence-corrected chi connectivity index (χ4v) is 4.41. The second-order valence-corrected chi connectivity index (χ2v) is 8.84. The molecule has 2 aromatic rings. The van der Waals surface area contributed by atoms with E-state index in [9.17, 15) is 14.7 Å². The Morgan fingerprint density at radius 1 is 1.25 bits per heavy atom. The summed E-state index contributed by atoms with van der Waals surface area (Å²) >= 11 is 0. The number of fused-ring (bicyclic) bond motifs is 4. The van der Waals surface area contributed by atoms with Crippen LogP contribution >= 0.6 is 0 Å². The molecule has 1 N–H and O–H groups in total. The van der Waals surface area contributed by atoms with Gasteiger partial charge in [0, 0.05) is 6.20 Å². The van der Waals surface area contributed by atoms with Crippen LogP contribution in [0.4, 0.5) is 4.79 Å². The Hall–Kier alpha value is -2.64. The van der Waals surface area contributed by atoms with E-state index in [4.69, 9.17) is 4.74 Å². The third kappa shape index (κ3) is 2.82. The van der Waals surface area contributed by atoms with E-state index in [2.05, 4.69) is 9.97 Å². The minimum atomic E-state index is -0.716. The van der Waals surface area contributed by atoms with Gasteiger partial charge in [0.15, 0.2) is 11.4 Å². The largest absolute Gasteiger partial charge is 0.505 e. The van der Waals surface area contributed by atoms with E-state index in [1.54, 1.807) is 33.9 Å². The van der Waals surface area contributed by atoms with Crippen molar-refractivity contribution in [2.24, 2.45) is 0 Å². The standard InChI is InChI=1S/C20H26N4O4/c1-12-21-10-13-15(25)14-17(26)23(18(27)28-19(2,3)4)11-20(8-6-5-7-9-20)24(14)16(13)22-12/h10,25H,5-9,11H2,1-4H3. The van der Waals surface area contributed by atoms with Crippen molar-refractivity contribution in [2.75, 3.05) is 6.54 Å². The highest BCUT2D eigenvalue weighted by Gasteiger charge is 2.49. The van der Waals surface area contributed by atoms with Crippen LogP contribution in [-0.2, 0) is 10.3 Å². The Bertz CT molecular complexity index is 967.